The number of aromatic nitrogens is 10. The highest BCUT2D eigenvalue weighted by molar-refractivity contribution is 7.91. The summed E-state index contributed by atoms with van der Waals surface area (Å²) in [7, 11) is -17.2. The van der Waals surface area contributed by atoms with E-state index in [9.17, 15) is 57.2 Å². The number of ether oxygens (including phenoxy) is 3. The first-order valence-corrected chi connectivity index (χ1v) is 53.7. The van der Waals surface area contributed by atoms with Crippen molar-refractivity contribution in [3.8, 4) is 39.9 Å². The molecule has 0 spiro atoms. The maximum Gasteiger partial charge on any atom is 0.281 e. The fourth-order valence-corrected chi connectivity index (χ4v) is 22.6. The highest BCUT2D eigenvalue weighted by Gasteiger charge is 2.46. The fraction of sp³-hybridized carbons (Fsp3) is 0.379. The SMILES string of the molecule is CC(Oc1nc(N2C[C@@H](C)CC2(C)C)c(C(=O)NS(=O)(=O)c2cccc(N)n2)cc1F)c1ccncc1.CCC1(C)CC(C)CN1c1nc(-c2cc(F)cc(OCC(C)C)c2)ccc1C(=O)NS(=O)(=O)c1cccc(N)n1.CCOc1ccc(Nc2cccc(S(=O)(=O)NC(=O)c3cccnc3N3CC(C)CC3(C)C)n2)cc1.Cc1noc(C)c1-c1ccc(C(=O)NS(=O)(=O)c2cccnc2N)c(N2C[C@@H](C)CC2(C)C)n1. The zero-order valence-corrected chi connectivity index (χ0v) is 88.3. The van der Waals surface area contributed by atoms with Crippen LogP contribution in [0.3, 0.4) is 0 Å². The maximum absolute atomic E-state index is 15.3. The second-order valence-corrected chi connectivity index (χ2v) is 46.2. The molecule has 4 aliphatic rings. The van der Waals surface area contributed by atoms with Gasteiger partial charge >= 0.3 is 0 Å². The summed E-state index contributed by atoms with van der Waals surface area (Å²) >= 11 is 0. The highest BCUT2D eigenvalue weighted by Crippen LogP contribution is 2.45. The van der Waals surface area contributed by atoms with Crippen molar-refractivity contribution in [3.05, 3.63) is 239 Å². The summed E-state index contributed by atoms with van der Waals surface area (Å²) in [5, 5.41) is 6.00. The Morgan fingerprint density at radius 2 is 0.959 bits per heavy atom. The molecular formula is C103H124F2N22O16S4. The van der Waals surface area contributed by atoms with E-state index in [-0.39, 0.29) is 94.8 Å². The van der Waals surface area contributed by atoms with Gasteiger partial charge in [0.25, 0.3) is 69.6 Å². The van der Waals surface area contributed by atoms with Crippen LogP contribution in [0, 0.1) is 55.1 Å². The number of amides is 4. The van der Waals surface area contributed by atoms with Crippen molar-refractivity contribution in [1.29, 1.82) is 0 Å². The number of carbonyl (C=O) groups excluding carboxylic acids is 4. The lowest BCUT2D eigenvalue weighted by Gasteiger charge is -2.36. The Hall–Kier alpha value is -14.7. The van der Waals surface area contributed by atoms with Crippen molar-refractivity contribution in [1.82, 2.24) is 68.9 Å². The molecule has 780 valence electrons. The van der Waals surface area contributed by atoms with Crippen molar-refractivity contribution in [2.24, 2.45) is 29.6 Å². The van der Waals surface area contributed by atoms with E-state index in [1.165, 1.54) is 79.0 Å². The van der Waals surface area contributed by atoms with Crippen LogP contribution in [-0.4, -0.2) is 169 Å². The Kier molecular flexibility index (Phi) is 33.3. The number of aryl methyl sites for hydroxylation is 2. The van der Waals surface area contributed by atoms with Crippen LogP contribution in [0.1, 0.15) is 207 Å². The third kappa shape index (κ3) is 26.2. The molecule has 4 amide bonds. The zero-order chi connectivity index (χ0) is 107. The van der Waals surface area contributed by atoms with E-state index in [0.29, 0.717) is 114 Å². The average molecular weight is 2090 g/mol. The molecule has 16 rings (SSSR count). The molecule has 6 atom stereocenters. The van der Waals surface area contributed by atoms with Gasteiger partial charge in [0.15, 0.2) is 20.9 Å². The monoisotopic (exact) mass is 2090 g/mol. The molecule has 2 aromatic carbocycles. The predicted molar refractivity (Wildman–Crippen MR) is 556 cm³/mol. The Labute approximate surface area is 855 Å². The van der Waals surface area contributed by atoms with Crippen LogP contribution >= 0.6 is 0 Å². The van der Waals surface area contributed by atoms with Gasteiger partial charge in [0, 0.05) is 90.4 Å². The van der Waals surface area contributed by atoms with E-state index in [2.05, 4.69) is 143 Å². The van der Waals surface area contributed by atoms with E-state index in [1.807, 2.05) is 51.2 Å². The number of benzene rings is 2. The van der Waals surface area contributed by atoms with Gasteiger partial charge in [0.2, 0.25) is 0 Å². The number of halogens is 2. The summed E-state index contributed by atoms with van der Waals surface area (Å²) < 4.78 is 164. The Morgan fingerprint density at radius 1 is 0.483 bits per heavy atom. The van der Waals surface area contributed by atoms with Gasteiger partial charge in [-0.15, -0.1) is 0 Å². The summed E-state index contributed by atoms with van der Waals surface area (Å²) in [4.78, 5) is 99.1. The summed E-state index contributed by atoms with van der Waals surface area (Å²) in [5.41, 5.74) is 20.3. The summed E-state index contributed by atoms with van der Waals surface area (Å²) in [6.45, 7) is 39.8. The van der Waals surface area contributed by atoms with Crippen LogP contribution < -0.4 is 75.2 Å². The highest BCUT2D eigenvalue weighted by atomic mass is 32.2. The standard InChI is InChI=1S/C29H36FN5O4S.C26H31N5O4S.C25H29FN6O4S.C23H28N6O4S/c1-6-29(5)15-19(4)16-35(29)27-23(28(36)34-40(37,38)26-9-7-8-25(31)33-26)10-11-24(32-27)20-12-21(30)14-22(13-20)39-17-18(2)3;1-5-35-20-13-11-19(12-14-20)28-22-9-6-10-23(29-22)36(33,34)30-25(32)21-8-7-15-27-24(21)31-17-18(2)16-26(31,3)4;1-15-13-25(3,4)32(14-15)22-18(23(33)31-37(34,35)21-7-5-6-20(27)29-21)12-19(26)24(30-22)36-16(2)17-8-10-28-11-9-17;1-13-11-23(4,5)29(12-13)21-16(8-9-17(26-21)19-14(2)27-33-15(19)3)22(30)28-34(31,32)18-7-6-10-25-20(18)24/h7-14,18-19H,6,15-17H2,1-5H3,(H2,31,33)(H,34,36);6-15,18H,5,16-17H2,1-4H3,(H,28,29)(H,30,32);5-12,15-16H,13-14H2,1-4H3,(H2,27,29)(H,31,33);6-10,13H,11-12H2,1-5H3,(H2,24,25)(H,28,30)/t;;15-,16?;13-/m..00/s1. The zero-order valence-electron chi connectivity index (χ0n) is 85.1. The number of nitrogens with two attached hydrogens (primary N) is 3. The van der Waals surface area contributed by atoms with Gasteiger partial charge in [-0.1, -0.05) is 71.8 Å². The third-order valence-electron chi connectivity index (χ3n) is 25.4. The summed E-state index contributed by atoms with van der Waals surface area (Å²) in [6, 6.07) is 41.1. The van der Waals surface area contributed by atoms with Crippen LogP contribution in [0.15, 0.2) is 213 Å². The smallest absolute Gasteiger partial charge is 0.281 e. The number of nitrogens with one attached hydrogen (secondary N) is 5. The molecule has 38 nitrogen and oxygen atoms in total. The van der Waals surface area contributed by atoms with Crippen LogP contribution in [0.2, 0.25) is 0 Å². The van der Waals surface area contributed by atoms with Crippen LogP contribution in [0.5, 0.6) is 17.4 Å². The normalized spacial score (nSPS) is 18.0. The Balaban J connectivity index is 0.000000164. The number of hydrogen-bond donors (Lipinski definition) is 8. The lowest BCUT2D eigenvalue weighted by atomic mass is 9.92. The number of nitrogens with zero attached hydrogens (tertiary/aromatic N) is 14. The molecule has 4 aliphatic heterocycles. The Bertz CT molecular complexity index is 7340. The second-order valence-electron chi connectivity index (χ2n) is 39.6. The quantitative estimate of drug-likeness (QED) is 0.0216. The molecule has 4 saturated heterocycles. The molecule has 11 N–H and O–H groups in total. The van der Waals surface area contributed by atoms with Crippen molar-refractivity contribution in [2.75, 3.05) is 81.5 Å². The van der Waals surface area contributed by atoms with Crippen LogP contribution in [-0.2, 0) is 40.1 Å². The average Bonchev–Trinajstić information content (AvgIpc) is 1.65. The Morgan fingerprint density at radius 3 is 1.47 bits per heavy atom. The number of hydrogen-bond acceptors (Lipinski definition) is 34. The second kappa shape index (κ2) is 44.7. The molecule has 4 fully saturated rings. The molecule has 147 heavy (non-hydrogen) atoms. The van der Waals surface area contributed by atoms with Crippen molar-refractivity contribution in [2.45, 2.75) is 205 Å². The lowest BCUT2D eigenvalue weighted by molar-refractivity contribution is 0.0971. The van der Waals surface area contributed by atoms with Crippen molar-refractivity contribution in [3.63, 3.8) is 0 Å². The predicted octanol–water partition coefficient (Wildman–Crippen LogP) is 15.9. The molecule has 4 unspecified atom stereocenters. The minimum atomic E-state index is -4.38. The van der Waals surface area contributed by atoms with Gasteiger partial charge in [0.05, 0.1) is 58.1 Å². The minimum Gasteiger partial charge on any atom is -0.494 e. The molecule has 12 aromatic rings. The van der Waals surface area contributed by atoms with Crippen molar-refractivity contribution >= 4 is 116 Å². The van der Waals surface area contributed by atoms with Gasteiger partial charge in [-0.05, 0) is 283 Å². The molecule has 0 aliphatic carbocycles. The lowest BCUT2D eigenvalue weighted by Crippen LogP contribution is -2.43. The van der Waals surface area contributed by atoms with E-state index < -0.39 is 92.0 Å². The third-order valence-corrected chi connectivity index (χ3v) is 30.4. The first kappa shape index (κ1) is 110. The van der Waals surface area contributed by atoms with E-state index in [4.69, 9.17) is 45.9 Å². The number of carbonyl (C=O) groups is 4. The largest absolute Gasteiger partial charge is 0.494 e. The molecular weight excluding hydrogens is 1970 g/mol. The fourth-order valence-electron chi connectivity index (χ4n) is 18.8. The first-order chi connectivity index (χ1) is 69.2. The van der Waals surface area contributed by atoms with Crippen LogP contribution in [0.4, 0.5) is 61.0 Å². The number of sulfonamides is 4. The van der Waals surface area contributed by atoms with E-state index in [0.717, 1.165) is 61.6 Å². The van der Waals surface area contributed by atoms with E-state index in [1.54, 1.807) is 117 Å². The van der Waals surface area contributed by atoms with Gasteiger partial charge in [-0.3, -0.25) is 24.2 Å². The molecule has 44 heteroatoms. The summed E-state index contributed by atoms with van der Waals surface area (Å²) in [6.07, 6.45) is 9.91. The summed E-state index contributed by atoms with van der Waals surface area (Å²) in [5.74, 6) is -0.326. The first-order valence-electron chi connectivity index (χ1n) is 47.8. The molecule has 0 bridgehead atoms. The van der Waals surface area contributed by atoms with Gasteiger partial charge in [0.1, 0.15) is 80.6 Å². The molecule has 14 heterocycles. The topological polar surface area (TPSA) is 526 Å². The number of nitrogen functional groups attached to an aromatic ring is 3. The minimum absolute atomic E-state index is 0.0126. The van der Waals surface area contributed by atoms with Gasteiger partial charge in [-0.2, -0.15) is 30.2 Å². The molecule has 0 saturated carbocycles. The van der Waals surface area contributed by atoms with Gasteiger partial charge < -0.3 is 60.9 Å². The molecule has 0 radical (unpaired) electrons. The maximum atomic E-state index is 15.3. The number of rotatable bonds is 29. The van der Waals surface area contributed by atoms with Crippen molar-refractivity contribution < 1.29 is 80.4 Å². The number of pyridine rings is 9. The van der Waals surface area contributed by atoms with Gasteiger partial charge in [-0.25, -0.2) is 71.0 Å². The van der Waals surface area contributed by atoms with E-state index >= 15 is 4.39 Å². The number of anilines is 9. The molecule has 10 aromatic heterocycles. The van der Waals surface area contributed by atoms with Crippen LogP contribution in [0.25, 0.3) is 22.5 Å².